The second kappa shape index (κ2) is 6.59. The number of hydrogen-bond acceptors (Lipinski definition) is 4. The van der Waals surface area contributed by atoms with E-state index in [9.17, 15) is 9.59 Å². The Morgan fingerprint density at radius 1 is 1.38 bits per heavy atom. The summed E-state index contributed by atoms with van der Waals surface area (Å²) in [5.74, 6) is 0. The lowest BCUT2D eigenvalue weighted by atomic mass is 10.5. The summed E-state index contributed by atoms with van der Waals surface area (Å²) in [6.45, 7) is 4.01. The number of carbonyl (C=O) groups is 2. The predicted molar refractivity (Wildman–Crippen MR) is 49.5 cm³/mol. The maximum absolute atomic E-state index is 10.8. The van der Waals surface area contributed by atoms with Crippen LogP contribution in [-0.4, -0.2) is 29.6 Å². The molecule has 0 aliphatic carbocycles. The Hall–Kier alpha value is -0.910. The van der Waals surface area contributed by atoms with Crippen molar-refractivity contribution in [3.05, 3.63) is 0 Å². The third-order valence-electron chi connectivity index (χ3n) is 1.09. The molecule has 0 aromatic carbocycles. The zero-order valence-electron chi connectivity index (χ0n) is 7.65. The first-order chi connectivity index (χ1) is 6.11. The molecular weight excluding hydrogens is 194 g/mol. The molecule has 0 N–H and O–H groups in total. The maximum Gasteiger partial charge on any atom is 0.533 e. The highest BCUT2D eigenvalue weighted by Gasteiger charge is 2.14. The van der Waals surface area contributed by atoms with E-state index >= 15 is 0 Å². The Labute approximate surface area is 82.3 Å². The molecule has 0 spiro atoms. The number of amides is 1. The molecule has 0 heterocycles. The highest BCUT2D eigenvalue weighted by Crippen LogP contribution is 2.00. The van der Waals surface area contributed by atoms with Gasteiger partial charge in [0, 0.05) is 0 Å². The zero-order valence-corrected chi connectivity index (χ0v) is 8.54. The van der Waals surface area contributed by atoms with Crippen molar-refractivity contribution in [2.45, 2.75) is 20.3 Å². The van der Waals surface area contributed by atoms with E-state index in [2.05, 4.69) is 22.2 Å². The second-order valence-corrected chi connectivity index (χ2v) is 2.54. The van der Waals surface area contributed by atoms with Gasteiger partial charge in [-0.1, -0.05) is 19.6 Å². The van der Waals surface area contributed by atoms with Crippen LogP contribution < -0.4 is 0 Å². The Morgan fingerprint density at radius 2 is 2.00 bits per heavy atom. The summed E-state index contributed by atoms with van der Waals surface area (Å²) >= 11 is 3.52. The van der Waals surface area contributed by atoms with E-state index in [1.807, 2.05) is 6.92 Å². The van der Waals surface area contributed by atoms with Crippen molar-refractivity contribution in [1.82, 2.24) is 5.06 Å². The van der Waals surface area contributed by atoms with E-state index in [1.54, 1.807) is 6.92 Å². The first kappa shape index (κ1) is 12.1. The van der Waals surface area contributed by atoms with Gasteiger partial charge in [-0.3, -0.25) is 4.79 Å². The summed E-state index contributed by atoms with van der Waals surface area (Å²) < 4.78 is 4.48. The highest BCUT2D eigenvalue weighted by molar-refractivity contribution is 7.96. The summed E-state index contributed by atoms with van der Waals surface area (Å²) in [5, 5.41) is 0.232. The van der Waals surface area contributed by atoms with Crippen molar-refractivity contribution in [1.29, 1.82) is 0 Å². The van der Waals surface area contributed by atoms with Crippen LogP contribution in [0.5, 0.6) is 0 Å². The molecule has 0 fully saturated rings. The fourth-order valence-electron chi connectivity index (χ4n) is 0.618. The van der Waals surface area contributed by atoms with E-state index in [0.29, 0.717) is 13.0 Å². The average Bonchev–Trinajstić information content (AvgIpc) is 2.04. The number of hydrogen-bond donors (Lipinski definition) is 1. The fourth-order valence-corrected chi connectivity index (χ4v) is 0.758. The largest absolute Gasteiger partial charge is 0.533 e. The summed E-state index contributed by atoms with van der Waals surface area (Å²) in [7, 11) is 0. The van der Waals surface area contributed by atoms with Gasteiger partial charge in [-0.25, -0.2) is 4.79 Å². The lowest BCUT2D eigenvalue weighted by Gasteiger charge is -2.16. The highest BCUT2D eigenvalue weighted by atomic mass is 32.1. The molecule has 0 rings (SSSR count). The van der Waals surface area contributed by atoms with Crippen LogP contribution in [0.1, 0.15) is 20.3 Å². The third kappa shape index (κ3) is 5.35. The molecule has 0 atom stereocenters. The summed E-state index contributed by atoms with van der Waals surface area (Å²) in [6.07, 6.45) is -0.218. The molecule has 0 aromatic heterocycles. The number of hydroxylamine groups is 2. The van der Waals surface area contributed by atoms with Crippen molar-refractivity contribution >= 4 is 24.0 Å². The molecule has 0 saturated heterocycles. The smallest absolute Gasteiger partial charge is 0.433 e. The van der Waals surface area contributed by atoms with Gasteiger partial charge in [0.2, 0.25) is 0 Å². The molecule has 6 heteroatoms. The number of carbonyl (C=O) groups excluding carboxylic acids is 2. The van der Waals surface area contributed by atoms with Crippen molar-refractivity contribution in [3.8, 4) is 0 Å². The van der Waals surface area contributed by atoms with Crippen molar-refractivity contribution < 1.29 is 19.2 Å². The number of thiol groups is 1. The van der Waals surface area contributed by atoms with E-state index in [1.165, 1.54) is 0 Å². The summed E-state index contributed by atoms with van der Waals surface area (Å²) in [5.41, 5.74) is 0. The minimum absolute atomic E-state index is 0.208. The van der Waals surface area contributed by atoms with Crippen LogP contribution >= 0.6 is 12.6 Å². The Balaban J connectivity index is 3.94. The van der Waals surface area contributed by atoms with Crippen LogP contribution in [0, 0.1) is 0 Å². The molecule has 0 unspecified atom stereocenters. The quantitative estimate of drug-likeness (QED) is 0.436. The van der Waals surface area contributed by atoms with Crippen LogP contribution in [0.4, 0.5) is 9.59 Å². The second-order valence-electron chi connectivity index (χ2n) is 2.16. The van der Waals surface area contributed by atoms with Crippen molar-refractivity contribution in [3.63, 3.8) is 0 Å². The predicted octanol–water partition coefficient (Wildman–Crippen LogP) is 1.84. The van der Waals surface area contributed by atoms with Gasteiger partial charge >= 0.3 is 11.4 Å². The molecule has 13 heavy (non-hydrogen) atoms. The van der Waals surface area contributed by atoms with Crippen LogP contribution in [0.25, 0.3) is 0 Å². The van der Waals surface area contributed by atoms with Crippen LogP contribution in [0.2, 0.25) is 0 Å². The van der Waals surface area contributed by atoms with Crippen LogP contribution in [0.15, 0.2) is 0 Å². The van der Waals surface area contributed by atoms with Gasteiger partial charge in [-0.05, 0) is 13.3 Å². The van der Waals surface area contributed by atoms with E-state index in [-0.39, 0.29) is 6.61 Å². The monoisotopic (exact) mass is 207 g/mol. The van der Waals surface area contributed by atoms with Crippen molar-refractivity contribution in [2.75, 3.05) is 13.2 Å². The van der Waals surface area contributed by atoms with Crippen LogP contribution in [0.3, 0.4) is 0 Å². The van der Waals surface area contributed by atoms with E-state index in [4.69, 9.17) is 0 Å². The van der Waals surface area contributed by atoms with Gasteiger partial charge in [0.25, 0.3) is 0 Å². The molecule has 5 nitrogen and oxygen atoms in total. The molecule has 0 aromatic rings. The fraction of sp³-hybridized carbons (Fsp3) is 0.714. The molecule has 0 saturated carbocycles. The first-order valence-electron chi connectivity index (χ1n) is 3.97. The molecule has 0 radical (unpaired) electrons. The minimum Gasteiger partial charge on any atom is -0.433 e. The Morgan fingerprint density at radius 3 is 2.38 bits per heavy atom. The van der Waals surface area contributed by atoms with Crippen LogP contribution in [-0.2, 0) is 9.57 Å². The molecule has 0 aliphatic heterocycles. The number of rotatable bonds is 3. The lowest BCUT2D eigenvalue weighted by molar-refractivity contribution is -0.0832. The number of ether oxygens (including phenoxy) is 1. The third-order valence-corrected chi connectivity index (χ3v) is 1.31. The maximum atomic E-state index is 10.8. The van der Waals surface area contributed by atoms with Gasteiger partial charge < -0.3 is 9.57 Å². The van der Waals surface area contributed by atoms with Gasteiger partial charge in [0.15, 0.2) is 0 Å². The SMILES string of the molecule is CCCN(OC(=O)OCC)C(=O)S. The average molecular weight is 207 g/mol. The zero-order chi connectivity index (χ0) is 10.3. The molecular formula is C7H13NO4S. The number of nitrogens with zero attached hydrogens (tertiary/aromatic N) is 1. The Bertz CT molecular complexity index is 185. The Kier molecular flexibility index (Phi) is 6.13. The van der Waals surface area contributed by atoms with Crippen molar-refractivity contribution in [2.24, 2.45) is 0 Å². The molecule has 0 aliphatic rings. The topological polar surface area (TPSA) is 55.8 Å². The van der Waals surface area contributed by atoms with E-state index < -0.39 is 11.4 Å². The summed E-state index contributed by atoms with van der Waals surface area (Å²) in [6, 6.07) is 0. The van der Waals surface area contributed by atoms with Gasteiger partial charge in [-0.2, -0.15) is 5.06 Å². The summed E-state index contributed by atoms with van der Waals surface area (Å²) in [4.78, 5) is 26.0. The first-order valence-corrected chi connectivity index (χ1v) is 4.41. The normalized spacial score (nSPS) is 9.15. The van der Waals surface area contributed by atoms with E-state index in [0.717, 1.165) is 5.06 Å². The molecule has 0 bridgehead atoms. The van der Waals surface area contributed by atoms with Gasteiger partial charge in [-0.15, -0.1) is 0 Å². The van der Waals surface area contributed by atoms with Gasteiger partial charge in [0.1, 0.15) is 0 Å². The standard InChI is InChI=1S/C7H13NO4S/c1-3-5-8(6(9)13)12-7(10)11-4-2/h3-5H2,1-2H3,(H,9,13). The lowest BCUT2D eigenvalue weighted by Crippen LogP contribution is -2.30. The van der Waals surface area contributed by atoms with Gasteiger partial charge in [0.05, 0.1) is 13.2 Å². The minimum atomic E-state index is -0.890. The molecule has 76 valence electrons. The molecule has 1 amide bonds.